The molecule has 0 atom stereocenters. The van der Waals surface area contributed by atoms with Crippen molar-refractivity contribution >= 4 is 32.8 Å². The fourth-order valence-electron chi connectivity index (χ4n) is 0.232. The molecule has 0 fully saturated rings. The van der Waals surface area contributed by atoms with E-state index in [1.165, 1.54) is 6.08 Å². The van der Waals surface area contributed by atoms with Gasteiger partial charge in [0, 0.05) is 5.33 Å². The monoisotopic (exact) mass is 196 g/mol. The fraction of sp³-hybridized carbons (Fsp3) is 0.400. The third kappa shape index (κ3) is 4.34. The van der Waals surface area contributed by atoms with Crippen molar-refractivity contribution in [2.24, 2.45) is 0 Å². The number of hydrogen-bond acceptors (Lipinski definition) is 1. The lowest BCUT2D eigenvalue weighted by Gasteiger charge is -1.85. The number of rotatable bonds is 2. The zero-order chi connectivity index (χ0) is 6.57. The van der Waals surface area contributed by atoms with E-state index in [1.54, 1.807) is 0 Å². The summed E-state index contributed by atoms with van der Waals surface area (Å²) in [6, 6.07) is 0. The van der Waals surface area contributed by atoms with Crippen LogP contribution in [0.5, 0.6) is 0 Å². The van der Waals surface area contributed by atoms with E-state index in [1.807, 2.05) is 6.92 Å². The summed E-state index contributed by atoms with van der Waals surface area (Å²) in [4.78, 5) is 10.1. The highest BCUT2D eigenvalue weighted by Crippen LogP contribution is 1.98. The average molecular weight is 197 g/mol. The molecule has 0 N–H and O–H groups in total. The first-order valence-corrected chi connectivity index (χ1v) is 3.59. The molecule has 0 aliphatic rings. The number of carbonyl (C=O) groups excluding carboxylic acids is 1. The number of carbonyl (C=O) groups is 1. The lowest BCUT2D eigenvalue weighted by molar-refractivity contribution is -0.107. The van der Waals surface area contributed by atoms with Gasteiger partial charge in [0.2, 0.25) is 5.24 Å². The van der Waals surface area contributed by atoms with Gasteiger partial charge >= 0.3 is 0 Å². The smallest absolute Gasteiger partial charge is 0.245 e. The van der Waals surface area contributed by atoms with Gasteiger partial charge < -0.3 is 0 Å². The summed E-state index contributed by atoms with van der Waals surface area (Å²) >= 11 is 8.18. The van der Waals surface area contributed by atoms with Crippen LogP contribution < -0.4 is 0 Å². The minimum absolute atomic E-state index is 0.415. The van der Waals surface area contributed by atoms with Crippen LogP contribution in [0.1, 0.15) is 6.92 Å². The van der Waals surface area contributed by atoms with E-state index in [9.17, 15) is 4.79 Å². The quantitative estimate of drug-likeness (QED) is 0.376. The summed E-state index contributed by atoms with van der Waals surface area (Å²) in [7, 11) is 0. The van der Waals surface area contributed by atoms with Crippen molar-refractivity contribution in [1.29, 1.82) is 0 Å². The predicted octanol–water partition coefficient (Wildman–Crippen LogP) is 2.09. The molecule has 0 aromatic heterocycles. The van der Waals surface area contributed by atoms with E-state index >= 15 is 0 Å². The van der Waals surface area contributed by atoms with Crippen LogP contribution in [0.4, 0.5) is 0 Å². The van der Waals surface area contributed by atoms with Gasteiger partial charge in [0.15, 0.2) is 0 Å². The van der Waals surface area contributed by atoms with Crippen LogP contribution in [0, 0.1) is 0 Å². The maximum absolute atomic E-state index is 10.1. The molecule has 0 aliphatic heterocycles. The molecule has 8 heavy (non-hydrogen) atoms. The van der Waals surface area contributed by atoms with Crippen molar-refractivity contribution in [3.63, 3.8) is 0 Å². The van der Waals surface area contributed by atoms with Crippen molar-refractivity contribution in [3.8, 4) is 0 Å². The topological polar surface area (TPSA) is 17.1 Å². The summed E-state index contributed by atoms with van der Waals surface area (Å²) < 4.78 is 0. The molecule has 0 bridgehead atoms. The Balaban J connectivity index is 3.75. The Bertz CT molecular complexity index is 120. The maximum atomic E-state index is 10.1. The Morgan fingerprint density at radius 1 is 1.88 bits per heavy atom. The molecule has 0 aliphatic carbocycles. The van der Waals surface area contributed by atoms with Crippen LogP contribution in [-0.4, -0.2) is 10.6 Å². The lowest BCUT2D eigenvalue weighted by Crippen LogP contribution is -1.81. The Labute approximate surface area is 61.8 Å². The first-order chi connectivity index (χ1) is 3.66. The summed E-state index contributed by atoms with van der Waals surface area (Å²) in [6.07, 6.45) is 1.39. The van der Waals surface area contributed by atoms with E-state index in [0.29, 0.717) is 5.33 Å². The SMILES string of the molecule is CC(=CC(=O)Cl)CBr. The second-order valence-electron chi connectivity index (χ2n) is 1.43. The molecule has 0 aromatic rings. The standard InChI is InChI=1S/C5H6BrClO/c1-4(3-6)2-5(7)8/h2H,3H2,1H3. The zero-order valence-corrected chi connectivity index (χ0v) is 6.79. The van der Waals surface area contributed by atoms with Crippen LogP contribution >= 0.6 is 27.5 Å². The normalized spacial score (nSPS) is 11.6. The van der Waals surface area contributed by atoms with Crippen molar-refractivity contribution in [3.05, 3.63) is 11.6 Å². The Hall–Kier alpha value is 0.180. The first kappa shape index (κ1) is 8.18. The number of alkyl halides is 1. The van der Waals surface area contributed by atoms with E-state index in [2.05, 4.69) is 15.9 Å². The fourth-order valence-corrected chi connectivity index (χ4v) is 0.580. The van der Waals surface area contributed by atoms with Crippen LogP contribution in [0.3, 0.4) is 0 Å². The summed E-state index contributed by atoms with van der Waals surface area (Å²) in [5.74, 6) is 0. The Morgan fingerprint density at radius 2 is 2.38 bits per heavy atom. The molecular weight excluding hydrogens is 191 g/mol. The Morgan fingerprint density at radius 3 is 2.50 bits per heavy atom. The molecule has 0 spiro atoms. The highest BCUT2D eigenvalue weighted by atomic mass is 79.9. The molecule has 0 saturated heterocycles. The van der Waals surface area contributed by atoms with Gasteiger partial charge in [-0.05, 0) is 24.6 Å². The molecule has 46 valence electrons. The molecular formula is C5H6BrClO. The molecule has 0 rings (SSSR count). The predicted molar refractivity (Wildman–Crippen MR) is 38.4 cm³/mol. The highest BCUT2D eigenvalue weighted by molar-refractivity contribution is 9.09. The molecule has 0 amide bonds. The van der Waals surface area contributed by atoms with E-state index in [0.717, 1.165) is 5.57 Å². The largest absolute Gasteiger partial charge is 0.276 e. The second-order valence-corrected chi connectivity index (χ2v) is 2.36. The van der Waals surface area contributed by atoms with Crippen molar-refractivity contribution < 1.29 is 4.79 Å². The highest BCUT2D eigenvalue weighted by Gasteiger charge is 1.88. The molecule has 1 nitrogen and oxygen atoms in total. The molecule has 0 heterocycles. The lowest BCUT2D eigenvalue weighted by atomic mass is 10.3. The van der Waals surface area contributed by atoms with Crippen LogP contribution in [0.25, 0.3) is 0 Å². The van der Waals surface area contributed by atoms with Crippen molar-refractivity contribution in [2.45, 2.75) is 6.92 Å². The molecule has 0 saturated carbocycles. The molecule has 3 heteroatoms. The summed E-state index contributed by atoms with van der Waals surface area (Å²) in [5.41, 5.74) is 0.935. The number of allylic oxidation sites excluding steroid dienone is 2. The van der Waals surface area contributed by atoms with Gasteiger partial charge in [-0.2, -0.15) is 0 Å². The third-order valence-electron chi connectivity index (χ3n) is 0.571. The molecule has 0 radical (unpaired) electrons. The van der Waals surface area contributed by atoms with Crippen LogP contribution in [0.2, 0.25) is 0 Å². The van der Waals surface area contributed by atoms with Gasteiger partial charge in [-0.15, -0.1) is 0 Å². The van der Waals surface area contributed by atoms with Gasteiger partial charge in [0.05, 0.1) is 0 Å². The first-order valence-electron chi connectivity index (χ1n) is 2.09. The summed E-state index contributed by atoms with van der Waals surface area (Å²) in [5, 5.41) is 0.285. The average Bonchev–Trinajstić information content (AvgIpc) is 1.65. The molecule has 0 unspecified atom stereocenters. The van der Waals surface area contributed by atoms with Crippen molar-refractivity contribution in [2.75, 3.05) is 5.33 Å². The minimum Gasteiger partial charge on any atom is -0.276 e. The van der Waals surface area contributed by atoms with Crippen LogP contribution in [0.15, 0.2) is 11.6 Å². The molecule has 0 aromatic carbocycles. The van der Waals surface area contributed by atoms with E-state index in [-0.39, 0.29) is 0 Å². The Kier molecular flexibility index (Phi) is 4.19. The van der Waals surface area contributed by atoms with Crippen LogP contribution in [-0.2, 0) is 4.79 Å². The third-order valence-corrected chi connectivity index (χ3v) is 1.56. The van der Waals surface area contributed by atoms with Crippen molar-refractivity contribution in [1.82, 2.24) is 0 Å². The summed E-state index contributed by atoms with van der Waals surface area (Å²) in [6.45, 7) is 1.83. The number of halogens is 2. The second kappa shape index (κ2) is 4.10. The maximum Gasteiger partial charge on any atom is 0.245 e. The van der Waals surface area contributed by atoms with E-state index < -0.39 is 5.24 Å². The number of hydrogen-bond donors (Lipinski definition) is 0. The minimum atomic E-state index is -0.415. The van der Waals surface area contributed by atoms with Gasteiger partial charge in [-0.1, -0.05) is 21.5 Å². The zero-order valence-electron chi connectivity index (χ0n) is 4.45. The van der Waals surface area contributed by atoms with Gasteiger partial charge in [0.25, 0.3) is 0 Å². The van der Waals surface area contributed by atoms with Gasteiger partial charge in [-0.25, -0.2) is 0 Å². The van der Waals surface area contributed by atoms with Gasteiger partial charge in [-0.3, -0.25) is 4.79 Å². The van der Waals surface area contributed by atoms with Gasteiger partial charge in [0.1, 0.15) is 0 Å². The van der Waals surface area contributed by atoms with E-state index in [4.69, 9.17) is 11.6 Å².